The van der Waals surface area contributed by atoms with E-state index in [4.69, 9.17) is 16.7 Å². The lowest BCUT2D eigenvalue weighted by Crippen LogP contribution is -2.31. The van der Waals surface area contributed by atoms with Crippen LogP contribution in [0.15, 0.2) is 18.2 Å². The van der Waals surface area contributed by atoms with Crippen LogP contribution in [-0.4, -0.2) is 24.2 Å². The molecular weight excluding hydrogens is 243 g/mol. The first-order valence-corrected chi connectivity index (χ1v) is 5.00. The molecule has 0 spiro atoms. The second-order valence-corrected chi connectivity index (χ2v) is 3.64. The Morgan fingerprint density at radius 3 is 2.62 bits per heavy atom. The molecule has 1 atom stereocenters. The first-order valence-electron chi connectivity index (χ1n) is 4.62. The van der Waals surface area contributed by atoms with Gasteiger partial charge in [0.05, 0.1) is 0 Å². The first kappa shape index (κ1) is 13.3. The fraction of sp³-hybridized carbons (Fsp3) is 0.400. The molecule has 1 aromatic rings. The Labute approximate surface area is 96.0 Å². The van der Waals surface area contributed by atoms with Crippen LogP contribution in [0, 0.1) is 5.82 Å². The Balaban J connectivity index is 2.49. The zero-order valence-electron chi connectivity index (χ0n) is 8.26. The molecule has 0 amide bonds. The van der Waals surface area contributed by atoms with Gasteiger partial charge < -0.3 is 10.4 Å². The van der Waals surface area contributed by atoms with E-state index in [2.05, 4.69) is 5.32 Å². The molecule has 1 aromatic carbocycles. The molecule has 0 saturated carbocycles. The highest BCUT2D eigenvalue weighted by molar-refractivity contribution is 6.31. The molecule has 1 rings (SSSR count). The van der Waals surface area contributed by atoms with E-state index in [1.807, 2.05) is 0 Å². The van der Waals surface area contributed by atoms with E-state index in [1.165, 1.54) is 18.2 Å². The number of hydrogen-bond acceptors (Lipinski definition) is 2. The molecule has 0 radical (unpaired) electrons. The van der Waals surface area contributed by atoms with Gasteiger partial charge in [-0.1, -0.05) is 17.7 Å². The predicted molar refractivity (Wildman–Crippen MR) is 55.1 cm³/mol. The molecule has 0 fully saturated rings. The summed E-state index contributed by atoms with van der Waals surface area (Å²) in [5.74, 6) is -0.508. The highest BCUT2D eigenvalue weighted by Crippen LogP contribution is 2.18. The third-order valence-corrected chi connectivity index (χ3v) is 2.36. The van der Waals surface area contributed by atoms with Crippen LogP contribution in [0.4, 0.5) is 13.2 Å². The van der Waals surface area contributed by atoms with E-state index in [9.17, 15) is 13.2 Å². The molecule has 1 unspecified atom stereocenters. The van der Waals surface area contributed by atoms with Crippen LogP contribution in [-0.2, 0) is 6.54 Å². The monoisotopic (exact) mass is 253 g/mol. The molecule has 2 N–H and O–H groups in total. The number of alkyl halides is 2. The molecule has 0 heterocycles. The van der Waals surface area contributed by atoms with Gasteiger partial charge in [0.2, 0.25) is 0 Å². The summed E-state index contributed by atoms with van der Waals surface area (Å²) in [6.07, 6.45) is -4.57. The summed E-state index contributed by atoms with van der Waals surface area (Å²) in [4.78, 5) is 0. The third kappa shape index (κ3) is 3.66. The summed E-state index contributed by atoms with van der Waals surface area (Å²) >= 11 is 5.72. The van der Waals surface area contributed by atoms with Gasteiger partial charge in [0.15, 0.2) is 0 Å². The second-order valence-electron chi connectivity index (χ2n) is 3.23. The molecule has 0 aliphatic rings. The van der Waals surface area contributed by atoms with Crippen molar-refractivity contribution in [3.63, 3.8) is 0 Å². The van der Waals surface area contributed by atoms with Crippen LogP contribution < -0.4 is 5.32 Å². The van der Waals surface area contributed by atoms with Crippen LogP contribution in [0.5, 0.6) is 0 Å². The van der Waals surface area contributed by atoms with Crippen molar-refractivity contribution in [2.75, 3.05) is 6.54 Å². The summed E-state index contributed by atoms with van der Waals surface area (Å²) in [5.41, 5.74) is 0.200. The summed E-state index contributed by atoms with van der Waals surface area (Å²) < 4.78 is 37.0. The van der Waals surface area contributed by atoms with Gasteiger partial charge in [-0.25, -0.2) is 13.2 Å². The molecular formula is C10H11ClF3NO. The van der Waals surface area contributed by atoms with E-state index in [-0.39, 0.29) is 23.7 Å². The van der Waals surface area contributed by atoms with Crippen molar-refractivity contribution in [3.05, 3.63) is 34.6 Å². The van der Waals surface area contributed by atoms with Crippen molar-refractivity contribution >= 4 is 11.6 Å². The fourth-order valence-corrected chi connectivity index (χ4v) is 1.37. The number of halogens is 4. The number of hydrogen-bond donors (Lipinski definition) is 2. The Kier molecular flexibility index (Phi) is 5.05. The Morgan fingerprint density at radius 2 is 2.06 bits per heavy atom. The van der Waals surface area contributed by atoms with Crippen molar-refractivity contribution in [3.8, 4) is 0 Å². The van der Waals surface area contributed by atoms with Crippen LogP contribution in [0.3, 0.4) is 0 Å². The minimum Gasteiger partial charge on any atom is -0.386 e. The molecule has 0 bridgehead atoms. The van der Waals surface area contributed by atoms with Gasteiger partial charge in [0.25, 0.3) is 6.43 Å². The van der Waals surface area contributed by atoms with Crippen molar-refractivity contribution in [1.82, 2.24) is 5.32 Å². The predicted octanol–water partition coefficient (Wildman–Crippen LogP) is 2.19. The average molecular weight is 254 g/mol. The van der Waals surface area contributed by atoms with E-state index >= 15 is 0 Å². The molecule has 0 aliphatic heterocycles. The standard InChI is InChI=1S/C10H11ClF3NO/c11-7-2-1-3-8(12)6(7)4-15-5-9(16)10(13)14/h1-3,9-10,15-16H,4-5H2. The summed E-state index contributed by atoms with van der Waals surface area (Å²) in [7, 11) is 0. The van der Waals surface area contributed by atoms with Gasteiger partial charge in [0, 0.05) is 23.7 Å². The van der Waals surface area contributed by atoms with E-state index < -0.39 is 18.3 Å². The molecule has 90 valence electrons. The summed E-state index contributed by atoms with van der Waals surface area (Å²) in [6.45, 7) is -0.322. The second kappa shape index (κ2) is 6.08. The van der Waals surface area contributed by atoms with Gasteiger partial charge in [0.1, 0.15) is 11.9 Å². The maximum Gasteiger partial charge on any atom is 0.265 e. The van der Waals surface area contributed by atoms with Gasteiger partial charge in [-0.2, -0.15) is 0 Å². The maximum absolute atomic E-state index is 13.2. The van der Waals surface area contributed by atoms with Crippen LogP contribution in [0.25, 0.3) is 0 Å². The molecule has 0 saturated heterocycles. The van der Waals surface area contributed by atoms with E-state index in [0.717, 1.165) is 0 Å². The average Bonchev–Trinajstić information content (AvgIpc) is 2.22. The van der Waals surface area contributed by atoms with E-state index in [0.29, 0.717) is 0 Å². The highest BCUT2D eigenvalue weighted by atomic mass is 35.5. The van der Waals surface area contributed by atoms with E-state index in [1.54, 1.807) is 0 Å². The van der Waals surface area contributed by atoms with Crippen LogP contribution in [0.2, 0.25) is 5.02 Å². The maximum atomic E-state index is 13.2. The number of nitrogens with one attached hydrogen (secondary N) is 1. The molecule has 0 aliphatic carbocycles. The minimum absolute atomic E-state index is 0.00468. The SMILES string of the molecule is OC(CNCc1c(F)cccc1Cl)C(F)F. The van der Waals surface area contributed by atoms with Crippen molar-refractivity contribution < 1.29 is 18.3 Å². The molecule has 0 aromatic heterocycles. The van der Waals surface area contributed by atoms with Crippen molar-refractivity contribution in [2.24, 2.45) is 0 Å². The van der Waals surface area contributed by atoms with Gasteiger partial charge in [-0.15, -0.1) is 0 Å². The normalized spacial score (nSPS) is 13.1. The lowest BCUT2D eigenvalue weighted by Gasteiger charge is -2.11. The Hall–Kier alpha value is -0.780. The van der Waals surface area contributed by atoms with Gasteiger partial charge in [-0.05, 0) is 12.1 Å². The highest BCUT2D eigenvalue weighted by Gasteiger charge is 2.16. The quantitative estimate of drug-likeness (QED) is 0.843. The van der Waals surface area contributed by atoms with Crippen molar-refractivity contribution in [1.29, 1.82) is 0 Å². The number of rotatable bonds is 5. The molecule has 2 nitrogen and oxygen atoms in total. The molecule has 16 heavy (non-hydrogen) atoms. The molecule has 6 heteroatoms. The largest absolute Gasteiger partial charge is 0.386 e. The fourth-order valence-electron chi connectivity index (χ4n) is 1.14. The van der Waals surface area contributed by atoms with Crippen LogP contribution >= 0.6 is 11.6 Å². The zero-order valence-corrected chi connectivity index (χ0v) is 9.02. The Morgan fingerprint density at radius 1 is 1.38 bits per heavy atom. The smallest absolute Gasteiger partial charge is 0.265 e. The topological polar surface area (TPSA) is 32.3 Å². The first-order chi connectivity index (χ1) is 7.52. The third-order valence-electron chi connectivity index (χ3n) is 2.01. The number of aliphatic hydroxyl groups excluding tert-OH is 1. The van der Waals surface area contributed by atoms with Gasteiger partial charge >= 0.3 is 0 Å². The lowest BCUT2D eigenvalue weighted by molar-refractivity contribution is -0.00343. The Bertz CT molecular complexity index is 329. The minimum atomic E-state index is -2.82. The number of aliphatic hydroxyl groups is 1. The van der Waals surface area contributed by atoms with Gasteiger partial charge in [-0.3, -0.25) is 0 Å². The number of benzene rings is 1. The lowest BCUT2D eigenvalue weighted by atomic mass is 10.2. The summed E-state index contributed by atoms with van der Waals surface area (Å²) in [6, 6.07) is 4.19. The van der Waals surface area contributed by atoms with Crippen molar-refractivity contribution in [2.45, 2.75) is 19.1 Å². The summed E-state index contributed by atoms with van der Waals surface area (Å²) in [5, 5.41) is 11.5. The zero-order chi connectivity index (χ0) is 12.1. The van der Waals surface area contributed by atoms with Crippen LogP contribution in [0.1, 0.15) is 5.56 Å².